The maximum Gasteiger partial charge on any atom is 0.156 e. The van der Waals surface area contributed by atoms with Crippen LogP contribution in [0.1, 0.15) is 16.7 Å². The van der Waals surface area contributed by atoms with Gasteiger partial charge >= 0.3 is 0 Å². The Labute approximate surface area is 146 Å². The van der Waals surface area contributed by atoms with Gasteiger partial charge in [0, 0.05) is 12.6 Å². The van der Waals surface area contributed by atoms with Crippen LogP contribution in [-0.2, 0) is 6.42 Å². The lowest BCUT2D eigenvalue weighted by molar-refractivity contribution is 0.992. The minimum Gasteiger partial charge on any atom is -0.368 e. The summed E-state index contributed by atoms with van der Waals surface area (Å²) in [7, 11) is 0. The summed E-state index contributed by atoms with van der Waals surface area (Å²) >= 11 is 0. The molecule has 0 atom stereocenters. The normalized spacial score (nSPS) is 11.1. The van der Waals surface area contributed by atoms with Crippen molar-refractivity contribution in [2.75, 3.05) is 11.9 Å². The first-order valence-corrected chi connectivity index (χ1v) is 8.49. The summed E-state index contributed by atoms with van der Waals surface area (Å²) < 4.78 is 0. The topological polar surface area (TPSA) is 69.4 Å². The molecule has 25 heavy (non-hydrogen) atoms. The van der Waals surface area contributed by atoms with E-state index in [-0.39, 0.29) is 0 Å². The Morgan fingerprint density at radius 2 is 1.80 bits per heavy atom. The largest absolute Gasteiger partial charge is 0.368 e. The van der Waals surface area contributed by atoms with Crippen LogP contribution in [-0.4, -0.2) is 26.7 Å². The molecule has 0 aliphatic carbocycles. The van der Waals surface area contributed by atoms with Crippen molar-refractivity contribution in [1.82, 2.24) is 20.2 Å². The van der Waals surface area contributed by atoms with E-state index in [1.807, 2.05) is 12.1 Å². The number of nitrogens with zero attached hydrogens (tertiary/aromatic N) is 2. The van der Waals surface area contributed by atoms with Crippen LogP contribution in [0.2, 0.25) is 0 Å². The molecule has 2 heterocycles. The molecule has 0 amide bonds. The van der Waals surface area contributed by atoms with E-state index in [2.05, 4.69) is 75.7 Å². The maximum absolute atomic E-state index is 4.67. The summed E-state index contributed by atoms with van der Waals surface area (Å²) in [6.07, 6.45) is 0.965. The molecule has 0 saturated carbocycles. The van der Waals surface area contributed by atoms with Gasteiger partial charge in [0.1, 0.15) is 11.5 Å². The molecule has 0 aliphatic rings. The predicted molar refractivity (Wildman–Crippen MR) is 102 cm³/mol. The van der Waals surface area contributed by atoms with Gasteiger partial charge in [-0.15, -0.1) is 0 Å². The van der Waals surface area contributed by atoms with E-state index < -0.39 is 0 Å². The molecule has 0 aliphatic heterocycles. The summed E-state index contributed by atoms with van der Waals surface area (Å²) in [5.74, 6) is 1.64. The number of rotatable bonds is 5. The highest BCUT2D eigenvalue weighted by Gasteiger charge is 2.09. The summed E-state index contributed by atoms with van der Waals surface area (Å²) in [4.78, 5) is 8.04. The van der Waals surface area contributed by atoms with E-state index in [1.165, 1.54) is 16.7 Å². The first kappa shape index (κ1) is 15.4. The Morgan fingerprint density at radius 1 is 1.00 bits per heavy atom. The standard InChI is InChI=1S/C20H21N5/c1-13-10-16-17(11-14(13)2)23-20(22-16)18-12-19(25-24-18)21-9-8-15-6-4-3-5-7-15/h3-7,10-12H,8-9H2,1-2H3,(H,22,23)(H2,21,24,25). The Kier molecular flexibility index (Phi) is 3.98. The Morgan fingerprint density at radius 3 is 2.64 bits per heavy atom. The Hall–Kier alpha value is -3.08. The van der Waals surface area contributed by atoms with Crippen LogP contribution < -0.4 is 5.32 Å². The number of anilines is 1. The molecule has 0 unspecified atom stereocenters. The molecular weight excluding hydrogens is 310 g/mol. The second-order valence-corrected chi connectivity index (χ2v) is 6.37. The first-order chi connectivity index (χ1) is 12.2. The van der Waals surface area contributed by atoms with Crippen LogP contribution >= 0.6 is 0 Å². The number of aryl methyl sites for hydroxylation is 2. The number of hydrogen-bond acceptors (Lipinski definition) is 3. The van der Waals surface area contributed by atoms with E-state index in [9.17, 15) is 0 Å². The minimum atomic E-state index is 0.809. The molecular formula is C20H21N5. The summed E-state index contributed by atoms with van der Waals surface area (Å²) in [5, 5.41) is 10.7. The van der Waals surface area contributed by atoms with Crippen LogP contribution in [0.25, 0.3) is 22.6 Å². The number of imidazole rings is 1. The third-order valence-electron chi connectivity index (χ3n) is 4.49. The van der Waals surface area contributed by atoms with Crippen LogP contribution in [0.3, 0.4) is 0 Å². The lowest BCUT2D eigenvalue weighted by Crippen LogP contribution is -2.04. The van der Waals surface area contributed by atoms with Gasteiger partial charge in [-0.05, 0) is 49.1 Å². The highest BCUT2D eigenvalue weighted by molar-refractivity contribution is 5.80. The van der Waals surface area contributed by atoms with Gasteiger partial charge in [0.25, 0.3) is 0 Å². The van der Waals surface area contributed by atoms with Gasteiger partial charge in [-0.1, -0.05) is 30.3 Å². The molecule has 2 aromatic heterocycles. The van der Waals surface area contributed by atoms with Crippen LogP contribution in [0, 0.1) is 13.8 Å². The summed E-state index contributed by atoms with van der Waals surface area (Å²) in [5.41, 5.74) is 6.73. The van der Waals surface area contributed by atoms with Crippen molar-refractivity contribution >= 4 is 16.9 Å². The van der Waals surface area contributed by atoms with E-state index >= 15 is 0 Å². The SMILES string of the molecule is Cc1cc2nc(-c3cc(NCCc4ccccc4)n[nH]3)[nH]c2cc1C. The predicted octanol–water partition coefficient (Wildman–Crippen LogP) is 4.22. The second-order valence-electron chi connectivity index (χ2n) is 6.37. The molecule has 0 fully saturated rings. The average Bonchev–Trinajstić information content (AvgIpc) is 3.23. The van der Waals surface area contributed by atoms with E-state index in [1.54, 1.807) is 0 Å². The van der Waals surface area contributed by atoms with Gasteiger partial charge in [0.05, 0.1) is 11.0 Å². The van der Waals surface area contributed by atoms with Crippen molar-refractivity contribution in [3.05, 3.63) is 65.2 Å². The monoisotopic (exact) mass is 331 g/mol. The number of nitrogens with one attached hydrogen (secondary N) is 3. The van der Waals surface area contributed by atoms with Crippen molar-refractivity contribution in [2.24, 2.45) is 0 Å². The second kappa shape index (κ2) is 6.43. The van der Waals surface area contributed by atoms with Gasteiger partial charge in [-0.2, -0.15) is 5.10 Å². The highest BCUT2D eigenvalue weighted by atomic mass is 15.2. The van der Waals surface area contributed by atoms with Gasteiger partial charge in [-0.3, -0.25) is 5.10 Å². The third kappa shape index (κ3) is 3.26. The van der Waals surface area contributed by atoms with Gasteiger partial charge in [-0.25, -0.2) is 4.98 Å². The van der Waals surface area contributed by atoms with E-state index in [0.717, 1.165) is 41.3 Å². The van der Waals surface area contributed by atoms with Crippen molar-refractivity contribution in [3.63, 3.8) is 0 Å². The quantitative estimate of drug-likeness (QED) is 0.513. The summed E-state index contributed by atoms with van der Waals surface area (Å²) in [6, 6.07) is 16.7. The fraction of sp³-hybridized carbons (Fsp3) is 0.200. The fourth-order valence-electron chi connectivity index (χ4n) is 2.91. The molecule has 3 N–H and O–H groups in total. The Balaban J connectivity index is 1.47. The van der Waals surface area contributed by atoms with Crippen molar-refractivity contribution < 1.29 is 0 Å². The fourth-order valence-corrected chi connectivity index (χ4v) is 2.91. The molecule has 4 rings (SSSR count). The molecule has 4 aromatic rings. The zero-order valence-electron chi connectivity index (χ0n) is 14.4. The average molecular weight is 331 g/mol. The number of H-pyrrole nitrogens is 2. The van der Waals surface area contributed by atoms with Gasteiger partial charge in [0.2, 0.25) is 0 Å². The Bertz CT molecular complexity index is 959. The molecule has 5 nitrogen and oxygen atoms in total. The molecule has 5 heteroatoms. The number of benzene rings is 2. The minimum absolute atomic E-state index is 0.809. The third-order valence-corrected chi connectivity index (χ3v) is 4.49. The zero-order valence-corrected chi connectivity index (χ0v) is 14.4. The number of aromatic amines is 2. The van der Waals surface area contributed by atoms with Gasteiger partial charge < -0.3 is 10.3 Å². The van der Waals surface area contributed by atoms with E-state index in [0.29, 0.717) is 0 Å². The van der Waals surface area contributed by atoms with Crippen molar-refractivity contribution in [2.45, 2.75) is 20.3 Å². The number of hydrogen-bond donors (Lipinski definition) is 3. The maximum atomic E-state index is 4.67. The summed E-state index contributed by atoms with van der Waals surface area (Å²) in [6.45, 7) is 5.06. The van der Waals surface area contributed by atoms with E-state index in [4.69, 9.17) is 0 Å². The zero-order chi connectivity index (χ0) is 17.2. The molecule has 126 valence electrons. The highest BCUT2D eigenvalue weighted by Crippen LogP contribution is 2.23. The van der Waals surface area contributed by atoms with Crippen molar-refractivity contribution in [1.29, 1.82) is 0 Å². The lowest BCUT2D eigenvalue weighted by Gasteiger charge is -2.02. The first-order valence-electron chi connectivity index (χ1n) is 8.49. The number of aromatic nitrogens is 4. The van der Waals surface area contributed by atoms with Crippen LogP contribution in [0.15, 0.2) is 48.5 Å². The van der Waals surface area contributed by atoms with Crippen molar-refractivity contribution in [3.8, 4) is 11.5 Å². The molecule has 0 saturated heterocycles. The lowest BCUT2D eigenvalue weighted by atomic mass is 10.1. The van der Waals surface area contributed by atoms with Gasteiger partial charge in [0.15, 0.2) is 5.82 Å². The molecule has 2 aromatic carbocycles. The molecule has 0 radical (unpaired) electrons. The number of fused-ring (bicyclic) bond motifs is 1. The van der Waals surface area contributed by atoms with Crippen LogP contribution in [0.5, 0.6) is 0 Å². The smallest absolute Gasteiger partial charge is 0.156 e. The van der Waals surface area contributed by atoms with Crippen LogP contribution in [0.4, 0.5) is 5.82 Å². The molecule has 0 spiro atoms. The molecule has 0 bridgehead atoms.